The number of unbranched alkanes of at least 4 members (excludes halogenated alkanes) is 1. The Labute approximate surface area is 98.4 Å². The summed E-state index contributed by atoms with van der Waals surface area (Å²) >= 11 is 0. The van der Waals surface area contributed by atoms with Crippen LogP contribution in [0, 0.1) is 6.92 Å². The number of hydrogen-bond donors (Lipinski definition) is 0. The number of benzene rings is 1. The zero-order valence-corrected chi connectivity index (χ0v) is 10.5. The number of ether oxygens (including phenoxy) is 1. The lowest BCUT2D eigenvalue weighted by Gasteiger charge is -2.10. The minimum atomic E-state index is 0.612. The number of nitrogens with zero attached hydrogens (tertiary/aromatic N) is 1. The summed E-state index contributed by atoms with van der Waals surface area (Å²) in [5, 5.41) is 0. The molecule has 2 nitrogen and oxygen atoms in total. The van der Waals surface area contributed by atoms with Crippen LogP contribution in [0.1, 0.15) is 31.7 Å². The van der Waals surface area contributed by atoms with E-state index in [2.05, 4.69) is 24.9 Å². The van der Waals surface area contributed by atoms with E-state index in [1.54, 1.807) is 0 Å². The smallest absolute Gasteiger partial charge is 0.126 e. The van der Waals surface area contributed by atoms with Crippen molar-refractivity contribution in [2.75, 3.05) is 13.7 Å². The zero-order valence-electron chi connectivity index (χ0n) is 10.5. The van der Waals surface area contributed by atoms with Crippen LogP contribution in [0.2, 0.25) is 0 Å². The SMILES string of the molecule is CCCCC(COc1ccccc1C)=NC. The summed E-state index contributed by atoms with van der Waals surface area (Å²) < 4.78 is 5.76. The van der Waals surface area contributed by atoms with Gasteiger partial charge in [0.2, 0.25) is 0 Å². The van der Waals surface area contributed by atoms with Gasteiger partial charge in [0.15, 0.2) is 0 Å². The number of rotatable bonds is 6. The molecule has 0 saturated heterocycles. The highest BCUT2D eigenvalue weighted by Crippen LogP contribution is 2.16. The minimum Gasteiger partial charge on any atom is -0.487 e. The van der Waals surface area contributed by atoms with Crippen molar-refractivity contribution in [2.24, 2.45) is 4.99 Å². The number of aliphatic imine (C=N–C) groups is 1. The fraction of sp³-hybridized carbons (Fsp3) is 0.500. The van der Waals surface area contributed by atoms with Crippen molar-refractivity contribution >= 4 is 5.71 Å². The Morgan fingerprint density at radius 3 is 2.69 bits per heavy atom. The van der Waals surface area contributed by atoms with Gasteiger partial charge >= 0.3 is 0 Å². The van der Waals surface area contributed by atoms with E-state index in [1.807, 2.05) is 25.2 Å². The maximum atomic E-state index is 5.76. The molecule has 0 aromatic heterocycles. The Bertz CT molecular complexity index is 344. The summed E-state index contributed by atoms with van der Waals surface area (Å²) in [5.41, 5.74) is 2.32. The summed E-state index contributed by atoms with van der Waals surface area (Å²) in [6.45, 7) is 4.86. The molecule has 0 atom stereocenters. The van der Waals surface area contributed by atoms with Crippen LogP contribution in [0.4, 0.5) is 0 Å². The third-order valence-corrected chi connectivity index (χ3v) is 2.62. The van der Waals surface area contributed by atoms with Gasteiger partial charge in [-0.2, -0.15) is 0 Å². The van der Waals surface area contributed by atoms with Crippen molar-refractivity contribution in [1.29, 1.82) is 0 Å². The Balaban J connectivity index is 2.47. The second kappa shape index (κ2) is 7.04. The van der Waals surface area contributed by atoms with Gasteiger partial charge in [0.05, 0.1) is 0 Å². The van der Waals surface area contributed by atoms with Crippen molar-refractivity contribution in [3.63, 3.8) is 0 Å². The van der Waals surface area contributed by atoms with Crippen LogP contribution in [0.5, 0.6) is 5.75 Å². The Morgan fingerprint density at radius 2 is 2.06 bits per heavy atom. The van der Waals surface area contributed by atoms with Gasteiger partial charge < -0.3 is 4.74 Å². The molecule has 0 N–H and O–H groups in total. The van der Waals surface area contributed by atoms with Crippen LogP contribution in [0.15, 0.2) is 29.3 Å². The van der Waals surface area contributed by atoms with Crippen molar-refractivity contribution in [1.82, 2.24) is 0 Å². The first-order valence-electron chi connectivity index (χ1n) is 5.91. The average Bonchev–Trinajstić information content (AvgIpc) is 2.31. The molecule has 0 aliphatic rings. The lowest BCUT2D eigenvalue weighted by atomic mass is 10.2. The Morgan fingerprint density at radius 1 is 1.31 bits per heavy atom. The molecule has 1 aromatic rings. The highest BCUT2D eigenvalue weighted by molar-refractivity contribution is 5.85. The Kier molecular flexibility index (Phi) is 5.62. The van der Waals surface area contributed by atoms with E-state index in [9.17, 15) is 0 Å². The first-order chi connectivity index (χ1) is 7.77. The largest absolute Gasteiger partial charge is 0.487 e. The summed E-state index contributed by atoms with van der Waals surface area (Å²) in [5.74, 6) is 0.958. The standard InChI is InChI=1S/C14H21NO/c1-4-5-9-13(15-3)11-16-14-10-7-6-8-12(14)2/h6-8,10H,4-5,9,11H2,1-3H3. The normalized spacial score (nSPS) is 11.6. The van der Waals surface area contributed by atoms with Crippen LogP contribution >= 0.6 is 0 Å². The van der Waals surface area contributed by atoms with Crippen LogP contribution in [-0.4, -0.2) is 19.4 Å². The molecule has 16 heavy (non-hydrogen) atoms. The second-order valence-electron chi connectivity index (χ2n) is 3.95. The van der Waals surface area contributed by atoms with Gasteiger partial charge in [0.1, 0.15) is 12.4 Å². The number of hydrogen-bond acceptors (Lipinski definition) is 2. The van der Waals surface area contributed by atoms with E-state index in [4.69, 9.17) is 4.74 Å². The molecule has 0 saturated carbocycles. The summed E-state index contributed by atoms with van der Waals surface area (Å²) in [6, 6.07) is 8.08. The molecule has 0 aliphatic heterocycles. The van der Waals surface area contributed by atoms with E-state index in [0.29, 0.717) is 6.61 Å². The molecule has 0 amide bonds. The molecular formula is C14H21NO. The monoisotopic (exact) mass is 219 g/mol. The maximum Gasteiger partial charge on any atom is 0.126 e. The third-order valence-electron chi connectivity index (χ3n) is 2.62. The summed E-state index contributed by atoms with van der Waals surface area (Å²) in [6.07, 6.45) is 3.42. The molecule has 0 spiro atoms. The van der Waals surface area contributed by atoms with Gasteiger partial charge in [-0.25, -0.2) is 0 Å². The lowest BCUT2D eigenvalue weighted by molar-refractivity contribution is 0.371. The van der Waals surface area contributed by atoms with Gasteiger partial charge in [0, 0.05) is 12.8 Å². The third kappa shape index (κ3) is 4.05. The van der Waals surface area contributed by atoms with Gasteiger partial charge in [0.25, 0.3) is 0 Å². The first-order valence-corrected chi connectivity index (χ1v) is 5.91. The van der Waals surface area contributed by atoms with Crippen LogP contribution < -0.4 is 4.74 Å². The van der Waals surface area contributed by atoms with Crippen LogP contribution in [0.25, 0.3) is 0 Å². The van der Waals surface area contributed by atoms with Crippen LogP contribution in [-0.2, 0) is 0 Å². The molecule has 1 aromatic carbocycles. The van der Waals surface area contributed by atoms with Crippen molar-refractivity contribution in [3.05, 3.63) is 29.8 Å². The van der Waals surface area contributed by atoms with Crippen LogP contribution in [0.3, 0.4) is 0 Å². The molecule has 1 rings (SSSR count). The molecule has 88 valence electrons. The average molecular weight is 219 g/mol. The second-order valence-corrected chi connectivity index (χ2v) is 3.95. The maximum absolute atomic E-state index is 5.76. The minimum absolute atomic E-state index is 0.612. The molecule has 0 heterocycles. The van der Waals surface area contributed by atoms with Gasteiger partial charge in [-0.05, 0) is 31.4 Å². The quantitative estimate of drug-likeness (QED) is 0.669. The number of para-hydroxylation sites is 1. The predicted molar refractivity (Wildman–Crippen MR) is 69.6 cm³/mol. The molecule has 0 radical (unpaired) electrons. The van der Waals surface area contributed by atoms with Gasteiger partial charge in [-0.15, -0.1) is 0 Å². The van der Waals surface area contributed by atoms with E-state index in [0.717, 1.165) is 17.9 Å². The topological polar surface area (TPSA) is 21.6 Å². The van der Waals surface area contributed by atoms with E-state index in [-0.39, 0.29) is 0 Å². The van der Waals surface area contributed by atoms with Crippen molar-refractivity contribution < 1.29 is 4.74 Å². The van der Waals surface area contributed by atoms with Gasteiger partial charge in [-0.3, -0.25) is 4.99 Å². The number of aryl methyl sites for hydroxylation is 1. The van der Waals surface area contributed by atoms with E-state index < -0.39 is 0 Å². The van der Waals surface area contributed by atoms with E-state index >= 15 is 0 Å². The van der Waals surface area contributed by atoms with Gasteiger partial charge in [-0.1, -0.05) is 31.5 Å². The zero-order chi connectivity index (χ0) is 11.8. The molecule has 0 fully saturated rings. The Hall–Kier alpha value is -1.31. The molecule has 0 bridgehead atoms. The fourth-order valence-electron chi connectivity index (χ4n) is 1.51. The molecule has 0 aliphatic carbocycles. The lowest BCUT2D eigenvalue weighted by Crippen LogP contribution is -2.11. The van der Waals surface area contributed by atoms with E-state index in [1.165, 1.54) is 18.4 Å². The predicted octanol–water partition coefficient (Wildman–Crippen LogP) is 3.63. The van der Waals surface area contributed by atoms with Crippen molar-refractivity contribution in [2.45, 2.75) is 33.1 Å². The molecular weight excluding hydrogens is 198 g/mol. The molecule has 0 unspecified atom stereocenters. The summed E-state index contributed by atoms with van der Waals surface area (Å²) in [7, 11) is 1.84. The molecule has 2 heteroatoms. The highest BCUT2D eigenvalue weighted by Gasteiger charge is 2.01. The fourth-order valence-corrected chi connectivity index (χ4v) is 1.51. The highest BCUT2D eigenvalue weighted by atomic mass is 16.5. The van der Waals surface area contributed by atoms with Crippen molar-refractivity contribution in [3.8, 4) is 5.75 Å². The summed E-state index contributed by atoms with van der Waals surface area (Å²) in [4.78, 5) is 4.26. The first kappa shape index (κ1) is 12.8.